The maximum atomic E-state index is 15.5. The van der Waals surface area contributed by atoms with E-state index in [9.17, 15) is 36.6 Å². The van der Waals surface area contributed by atoms with Gasteiger partial charge in [0.15, 0.2) is 0 Å². The third kappa shape index (κ3) is 16.4. The lowest BCUT2D eigenvalue weighted by atomic mass is 9.83. The topological polar surface area (TPSA) is 208 Å². The van der Waals surface area contributed by atoms with Gasteiger partial charge in [0.05, 0.1) is 35.3 Å². The Balaban J connectivity index is 3.02. The standard InChI is InChI=1S/C52H86N4O10S4/c1-35(2)51(31-67(63)47(7,8)9,55(37(5)57)33-69(65)49(13,14)15)45(61)53-41(29-39-25-21-19-22-26-39)43(59)44(60)42(30-40-27-23-20-24-28-40)54-46(62)52(36(3)4,32-68(64)48(10,11)12)56(38(6)58)34-70(66)50(16,17)18/h19-28,35-36,41-44,59-60H,29-34H2,1-18H3,(H,53,61)(H,54,62)/t41-,42-,43+,44+,51-,52-,67?,68?,69?,70?/m0/s1. The first-order valence-electron chi connectivity index (χ1n) is 24.0. The zero-order valence-electron chi connectivity index (χ0n) is 45.2. The maximum Gasteiger partial charge on any atom is 0.247 e. The molecule has 0 aliphatic carbocycles. The number of hydrogen-bond acceptors (Lipinski definition) is 10. The summed E-state index contributed by atoms with van der Waals surface area (Å²) in [4.78, 5) is 61.2. The van der Waals surface area contributed by atoms with E-state index in [2.05, 4.69) is 10.6 Å². The van der Waals surface area contributed by atoms with Gasteiger partial charge in [-0.25, -0.2) is 0 Å². The average molecular weight is 1060 g/mol. The Bertz CT molecular complexity index is 2030. The number of nitrogens with zero attached hydrogens (tertiary/aromatic N) is 2. The van der Waals surface area contributed by atoms with Crippen molar-refractivity contribution in [1.82, 2.24) is 20.4 Å². The molecule has 2 aromatic carbocycles. The van der Waals surface area contributed by atoms with Crippen LogP contribution in [0, 0.1) is 11.8 Å². The van der Waals surface area contributed by atoms with Crippen molar-refractivity contribution in [3.8, 4) is 0 Å². The summed E-state index contributed by atoms with van der Waals surface area (Å²) in [6.45, 7) is 30.5. The van der Waals surface area contributed by atoms with Crippen LogP contribution in [0.5, 0.6) is 0 Å². The predicted octanol–water partition coefficient (Wildman–Crippen LogP) is 5.75. The maximum absolute atomic E-state index is 15.5. The Hall–Kier alpha value is -3.16. The first-order chi connectivity index (χ1) is 31.8. The molecule has 2 rings (SSSR count). The molecule has 2 aromatic rings. The number of nitrogens with one attached hydrogen (secondary N) is 2. The Morgan fingerprint density at radius 2 is 0.743 bits per heavy atom. The number of benzene rings is 2. The first-order valence-corrected chi connectivity index (χ1v) is 29.3. The molecule has 398 valence electrons. The van der Waals surface area contributed by atoms with Gasteiger partial charge in [-0.1, -0.05) is 88.4 Å². The van der Waals surface area contributed by atoms with Crippen LogP contribution in [0.1, 0.15) is 136 Å². The van der Waals surface area contributed by atoms with Crippen molar-refractivity contribution in [2.75, 3.05) is 23.3 Å². The lowest BCUT2D eigenvalue weighted by molar-refractivity contribution is -0.149. The van der Waals surface area contributed by atoms with Crippen molar-refractivity contribution in [1.29, 1.82) is 0 Å². The molecule has 0 bridgehead atoms. The summed E-state index contributed by atoms with van der Waals surface area (Å²) in [5.74, 6) is -5.57. The number of aliphatic hydroxyl groups excluding tert-OH is 2. The molecule has 0 spiro atoms. The van der Waals surface area contributed by atoms with Gasteiger partial charge in [0.25, 0.3) is 0 Å². The Labute approximate surface area is 429 Å². The van der Waals surface area contributed by atoms with E-state index < -0.39 is 133 Å². The smallest absolute Gasteiger partial charge is 0.247 e. The van der Waals surface area contributed by atoms with Crippen LogP contribution >= 0.6 is 0 Å². The first kappa shape index (κ1) is 63.0. The molecule has 0 fully saturated rings. The molecule has 0 aliphatic heterocycles. The van der Waals surface area contributed by atoms with Gasteiger partial charge in [0.2, 0.25) is 23.6 Å². The highest BCUT2D eigenvalue weighted by Gasteiger charge is 2.55. The van der Waals surface area contributed by atoms with E-state index in [-0.39, 0.29) is 36.1 Å². The predicted molar refractivity (Wildman–Crippen MR) is 287 cm³/mol. The van der Waals surface area contributed by atoms with E-state index in [0.717, 1.165) is 0 Å². The quantitative estimate of drug-likeness (QED) is 0.106. The lowest BCUT2D eigenvalue weighted by Crippen LogP contribution is -2.71. The number of aliphatic hydroxyl groups is 2. The van der Waals surface area contributed by atoms with Crippen LogP contribution in [0.25, 0.3) is 0 Å². The minimum absolute atomic E-state index is 0.0570. The van der Waals surface area contributed by atoms with Gasteiger partial charge in [-0.3, -0.25) is 36.0 Å². The number of hydrogen-bond donors (Lipinski definition) is 4. The molecule has 4 amide bonds. The normalized spacial score (nSPS) is 18.0. The van der Waals surface area contributed by atoms with E-state index in [1.54, 1.807) is 171 Å². The molecule has 0 aromatic heterocycles. The van der Waals surface area contributed by atoms with Gasteiger partial charge < -0.3 is 30.6 Å². The molecular formula is C52H86N4O10S4. The Kier molecular flexibility index (Phi) is 22.6. The molecule has 0 radical (unpaired) electrons. The molecule has 4 unspecified atom stereocenters. The number of amides is 4. The summed E-state index contributed by atoms with van der Waals surface area (Å²) < 4.78 is 53.0. The summed E-state index contributed by atoms with van der Waals surface area (Å²) in [7, 11) is -6.89. The summed E-state index contributed by atoms with van der Waals surface area (Å²) >= 11 is 0. The fourth-order valence-corrected chi connectivity index (χ4v) is 12.7. The molecular weight excluding hydrogens is 969 g/mol. The largest absolute Gasteiger partial charge is 0.388 e. The van der Waals surface area contributed by atoms with Gasteiger partial charge in [-0.05, 0) is 119 Å². The van der Waals surface area contributed by atoms with Crippen LogP contribution in [-0.4, -0.2) is 138 Å². The molecule has 70 heavy (non-hydrogen) atoms. The van der Waals surface area contributed by atoms with Gasteiger partial charge >= 0.3 is 0 Å². The van der Waals surface area contributed by atoms with Crippen molar-refractivity contribution in [2.24, 2.45) is 11.8 Å². The van der Waals surface area contributed by atoms with Crippen LogP contribution in [-0.2, 0) is 75.2 Å². The van der Waals surface area contributed by atoms with Crippen LogP contribution in [0.3, 0.4) is 0 Å². The van der Waals surface area contributed by atoms with Gasteiger partial charge in [-0.15, -0.1) is 0 Å². The summed E-state index contributed by atoms with van der Waals surface area (Å²) in [6.07, 6.45) is -3.81. The van der Waals surface area contributed by atoms with E-state index in [1.165, 1.54) is 23.6 Å². The van der Waals surface area contributed by atoms with E-state index in [1.807, 2.05) is 0 Å². The minimum atomic E-state index is -1.88. The minimum Gasteiger partial charge on any atom is -0.388 e. The second-order valence-corrected chi connectivity index (χ2v) is 31.7. The van der Waals surface area contributed by atoms with E-state index in [4.69, 9.17) is 0 Å². The fraction of sp³-hybridized carbons (Fsp3) is 0.692. The monoisotopic (exact) mass is 1050 g/mol. The molecule has 18 heteroatoms. The third-order valence-electron chi connectivity index (χ3n) is 12.8. The summed E-state index contributed by atoms with van der Waals surface area (Å²) in [5, 5.41) is 31.3. The van der Waals surface area contributed by atoms with E-state index in [0.29, 0.717) is 11.1 Å². The van der Waals surface area contributed by atoms with Crippen LogP contribution in [0.15, 0.2) is 60.7 Å². The highest BCUT2D eigenvalue weighted by molar-refractivity contribution is 7.87. The second kappa shape index (κ2) is 25.2. The molecule has 0 heterocycles. The third-order valence-corrected chi connectivity index (χ3v) is 20.6. The second-order valence-electron chi connectivity index (χ2n) is 23.0. The summed E-state index contributed by atoms with van der Waals surface area (Å²) in [6, 6.07) is 15.2. The van der Waals surface area contributed by atoms with Crippen molar-refractivity contribution >= 4 is 66.8 Å². The molecule has 0 saturated heterocycles. The Morgan fingerprint density at radius 1 is 0.486 bits per heavy atom. The van der Waals surface area contributed by atoms with Crippen LogP contribution < -0.4 is 10.6 Å². The number of rotatable bonds is 23. The number of carbonyl (C=O) groups excluding carboxylic acids is 4. The van der Waals surface area contributed by atoms with Gasteiger partial charge in [0, 0.05) is 76.0 Å². The van der Waals surface area contributed by atoms with Crippen molar-refractivity contribution < 1.29 is 46.2 Å². The fourth-order valence-electron chi connectivity index (χ4n) is 7.75. The van der Waals surface area contributed by atoms with Crippen LogP contribution in [0.4, 0.5) is 0 Å². The van der Waals surface area contributed by atoms with Gasteiger partial charge in [0.1, 0.15) is 23.3 Å². The molecule has 4 N–H and O–H groups in total. The van der Waals surface area contributed by atoms with Crippen molar-refractivity contribution in [3.63, 3.8) is 0 Å². The summed E-state index contributed by atoms with van der Waals surface area (Å²) in [5.41, 5.74) is -2.46. The highest BCUT2D eigenvalue weighted by Crippen LogP contribution is 2.35. The zero-order chi connectivity index (χ0) is 54.1. The van der Waals surface area contributed by atoms with E-state index >= 15 is 9.59 Å². The number of carbonyl (C=O) groups is 4. The Morgan fingerprint density at radius 3 is 0.957 bits per heavy atom. The van der Waals surface area contributed by atoms with Crippen molar-refractivity contribution in [3.05, 3.63) is 71.8 Å². The molecule has 10 atom stereocenters. The highest BCUT2D eigenvalue weighted by atomic mass is 32.2. The molecule has 0 saturated carbocycles. The van der Waals surface area contributed by atoms with Crippen molar-refractivity contribution in [2.45, 2.75) is 192 Å². The zero-order valence-corrected chi connectivity index (χ0v) is 48.4. The average Bonchev–Trinajstić information content (AvgIpc) is 3.23. The lowest BCUT2D eigenvalue weighted by Gasteiger charge is -2.47. The SMILES string of the molecule is CC(=O)N(CS(=O)C(C)(C)C)[C@](CS(=O)C(C)(C)C)(C(=O)N[C@@H](Cc1ccccc1)[C@@H](O)[C@H](O)[C@H](Cc1ccccc1)NC(=O)[C@](CS(=O)C(C)(C)C)(C(C)C)N(CS(=O)C(C)(C)C)C(C)=O)C(C)C. The molecule has 14 nitrogen and oxygen atoms in total. The van der Waals surface area contributed by atoms with Crippen LogP contribution in [0.2, 0.25) is 0 Å². The van der Waals surface area contributed by atoms with Gasteiger partial charge in [-0.2, -0.15) is 0 Å². The molecule has 0 aliphatic rings.